The van der Waals surface area contributed by atoms with Gasteiger partial charge in [0.1, 0.15) is 0 Å². The van der Waals surface area contributed by atoms with E-state index in [0.717, 1.165) is 0 Å². The Balaban J connectivity index is 0. The zero-order valence-corrected chi connectivity index (χ0v) is 8.91. The first-order valence-corrected chi connectivity index (χ1v) is 5.12. The Labute approximate surface area is 83.0 Å². The molecule has 1 atom stereocenters. The molecule has 0 aromatic rings. The third kappa shape index (κ3) is 5.68. The first-order valence-electron chi connectivity index (χ1n) is 3.61. The van der Waals surface area contributed by atoms with Gasteiger partial charge in [-0.1, -0.05) is 6.08 Å². The van der Waals surface area contributed by atoms with E-state index in [2.05, 4.69) is 0 Å². The van der Waals surface area contributed by atoms with E-state index in [1.165, 1.54) is 19.9 Å². The second-order valence-corrected chi connectivity index (χ2v) is 4.59. The van der Waals surface area contributed by atoms with E-state index in [-0.39, 0.29) is 18.1 Å². The Bertz CT molecular complexity index is 319. The summed E-state index contributed by atoms with van der Waals surface area (Å²) in [5, 5.41) is 7.45. The molecule has 1 unspecified atom stereocenters. The molecule has 0 heterocycles. The summed E-state index contributed by atoms with van der Waals surface area (Å²) < 4.78 is 29.5. The Morgan fingerprint density at radius 3 is 2.21 bits per heavy atom. The van der Waals surface area contributed by atoms with Gasteiger partial charge in [0, 0.05) is 5.57 Å². The Hall–Kier alpha value is -0.920. The summed E-state index contributed by atoms with van der Waals surface area (Å²) in [5.41, 5.74) is 0.0653. The summed E-state index contributed by atoms with van der Waals surface area (Å²) in [6.45, 7) is 2.67. The summed E-state index contributed by atoms with van der Waals surface area (Å²) >= 11 is 0. The van der Waals surface area contributed by atoms with Gasteiger partial charge in [-0.25, -0.2) is 4.79 Å². The molecule has 0 saturated heterocycles. The van der Waals surface area contributed by atoms with E-state index in [1.54, 1.807) is 0 Å². The normalized spacial score (nSPS) is 14.4. The molecule has 0 bridgehead atoms. The highest BCUT2D eigenvalue weighted by Gasteiger charge is 2.15. The van der Waals surface area contributed by atoms with Gasteiger partial charge < -0.3 is 11.3 Å². The van der Waals surface area contributed by atoms with Crippen LogP contribution in [0.4, 0.5) is 0 Å². The number of hydrogen-bond acceptors (Lipinski definition) is 4. The van der Waals surface area contributed by atoms with Gasteiger partial charge in [-0.2, -0.15) is 8.42 Å². The molecule has 0 radical (unpaired) electrons. The lowest BCUT2D eigenvalue weighted by molar-refractivity contribution is -0.132. The molecule has 0 amide bonds. The predicted octanol–water partition coefficient (Wildman–Crippen LogP) is 0.846. The summed E-state index contributed by atoms with van der Waals surface area (Å²) in [6.07, 6.45) is 1.26. The lowest BCUT2D eigenvalue weighted by Crippen LogP contribution is -2.15. The maximum atomic E-state index is 10.5. The van der Waals surface area contributed by atoms with Crippen molar-refractivity contribution in [3.63, 3.8) is 0 Å². The second-order valence-electron chi connectivity index (χ2n) is 2.75. The lowest BCUT2D eigenvalue weighted by atomic mass is 10.2. The molecule has 7 heteroatoms. The number of carbonyl (C=O) groups is 1. The van der Waals surface area contributed by atoms with Crippen molar-refractivity contribution in [3.05, 3.63) is 11.6 Å². The molecular formula is C7H15NO5S. The fraction of sp³-hybridized carbons (Fsp3) is 0.571. The van der Waals surface area contributed by atoms with Crippen molar-refractivity contribution >= 4 is 16.1 Å². The molecule has 0 fully saturated rings. The van der Waals surface area contributed by atoms with Crippen LogP contribution >= 0.6 is 0 Å². The van der Waals surface area contributed by atoms with Crippen LogP contribution in [0.25, 0.3) is 0 Å². The van der Waals surface area contributed by atoms with Gasteiger partial charge in [0.25, 0.3) is 10.1 Å². The van der Waals surface area contributed by atoms with Gasteiger partial charge in [0.05, 0.1) is 5.25 Å². The van der Waals surface area contributed by atoms with E-state index in [1.807, 2.05) is 0 Å². The first-order chi connectivity index (χ1) is 5.75. The molecule has 0 aromatic carbocycles. The minimum Gasteiger partial charge on any atom is -0.478 e. The van der Waals surface area contributed by atoms with Crippen LogP contribution in [-0.4, -0.2) is 29.3 Å². The quantitative estimate of drug-likeness (QED) is 0.480. The first kappa shape index (κ1) is 15.5. The topological polar surface area (TPSA) is 127 Å². The molecule has 6 nitrogen and oxygen atoms in total. The van der Waals surface area contributed by atoms with Crippen LogP contribution in [-0.2, 0) is 14.9 Å². The van der Waals surface area contributed by atoms with Crippen molar-refractivity contribution in [1.82, 2.24) is 6.15 Å². The monoisotopic (exact) mass is 225 g/mol. The molecule has 0 aliphatic carbocycles. The standard InChI is InChI=1S/C7H12O5S.H3N/c1-5(7(8)9)3-4-6(2)13(10,11)12;/h3,6H,4H2,1-2H3,(H,8,9)(H,10,11,12);1H3/b5-3+;. The molecule has 5 N–H and O–H groups in total. The maximum Gasteiger partial charge on any atom is 0.330 e. The Kier molecular flexibility index (Phi) is 6.37. The Morgan fingerprint density at radius 2 is 1.93 bits per heavy atom. The zero-order valence-electron chi connectivity index (χ0n) is 8.10. The summed E-state index contributed by atoms with van der Waals surface area (Å²) in [4.78, 5) is 10.3. The van der Waals surface area contributed by atoms with E-state index in [0.29, 0.717) is 0 Å². The summed E-state index contributed by atoms with van der Waals surface area (Å²) in [7, 11) is -4.06. The smallest absolute Gasteiger partial charge is 0.330 e. The van der Waals surface area contributed by atoms with Gasteiger partial charge in [-0.3, -0.25) is 4.55 Å². The van der Waals surface area contributed by atoms with Gasteiger partial charge in [-0.05, 0) is 20.3 Å². The van der Waals surface area contributed by atoms with Crippen LogP contribution in [0.15, 0.2) is 11.6 Å². The number of carboxylic acid groups (broad SMARTS) is 1. The van der Waals surface area contributed by atoms with E-state index in [9.17, 15) is 13.2 Å². The molecule has 0 aliphatic rings. The highest BCUT2D eigenvalue weighted by atomic mass is 32.2. The minimum absolute atomic E-state index is 0. The third-order valence-electron chi connectivity index (χ3n) is 1.60. The van der Waals surface area contributed by atoms with Crippen LogP contribution < -0.4 is 6.15 Å². The van der Waals surface area contributed by atoms with Crippen molar-refractivity contribution in [2.75, 3.05) is 0 Å². The highest BCUT2D eigenvalue weighted by Crippen LogP contribution is 2.06. The Morgan fingerprint density at radius 1 is 1.50 bits per heavy atom. The lowest BCUT2D eigenvalue weighted by Gasteiger charge is -2.03. The zero-order chi connectivity index (χ0) is 10.6. The van der Waals surface area contributed by atoms with E-state index >= 15 is 0 Å². The number of allylic oxidation sites excluding steroid dienone is 1. The number of hydrogen-bond donors (Lipinski definition) is 3. The molecule has 0 rings (SSSR count). The predicted molar refractivity (Wildman–Crippen MR) is 52.0 cm³/mol. The molecule has 0 saturated carbocycles. The van der Waals surface area contributed by atoms with E-state index < -0.39 is 21.3 Å². The van der Waals surface area contributed by atoms with Gasteiger partial charge in [0.2, 0.25) is 0 Å². The third-order valence-corrected chi connectivity index (χ3v) is 2.81. The SMILES string of the molecule is C/C(=C\CC(C)S(=O)(=O)O)C(=O)O.N. The summed E-state index contributed by atoms with van der Waals surface area (Å²) in [5.74, 6) is -1.09. The van der Waals surface area contributed by atoms with Gasteiger partial charge in [-0.15, -0.1) is 0 Å². The van der Waals surface area contributed by atoms with E-state index in [4.69, 9.17) is 9.66 Å². The summed E-state index contributed by atoms with van der Waals surface area (Å²) in [6, 6.07) is 0. The van der Waals surface area contributed by atoms with Crippen LogP contribution in [0.5, 0.6) is 0 Å². The number of carboxylic acids is 1. The highest BCUT2D eigenvalue weighted by molar-refractivity contribution is 7.86. The van der Waals surface area contributed by atoms with Crippen LogP contribution in [0.3, 0.4) is 0 Å². The fourth-order valence-corrected chi connectivity index (χ4v) is 0.891. The van der Waals surface area contributed by atoms with Crippen molar-refractivity contribution in [1.29, 1.82) is 0 Å². The molecular weight excluding hydrogens is 210 g/mol. The fourth-order valence-electron chi connectivity index (χ4n) is 0.552. The van der Waals surface area contributed by atoms with Gasteiger partial charge >= 0.3 is 5.97 Å². The largest absolute Gasteiger partial charge is 0.478 e. The number of aliphatic carboxylic acids is 1. The van der Waals surface area contributed by atoms with Crippen molar-refractivity contribution in [2.24, 2.45) is 0 Å². The molecule has 0 spiro atoms. The van der Waals surface area contributed by atoms with Crippen LogP contribution in [0.1, 0.15) is 20.3 Å². The molecule has 0 aromatic heterocycles. The average molecular weight is 225 g/mol. The van der Waals surface area contributed by atoms with Crippen molar-refractivity contribution in [2.45, 2.75) is 25.5 Å². The van der Waals surface area contributed by atoms with Crippen LogP contribution in [0.2, 0.25) is 0 Å². The molecule has 14 heavy (non-hydrogen) atoms. The number of rotatable bonds is 4. The molecule has 0 aliphatic heterocycles. The minimum atomic E-state index is -4.06. The van der Waals surface area contributed by atoms with Gasteiger partial charge in [0.15, 0.2) is 0 Å². The van der Waals surface area contributed by atoms with Crippen molar-refractivity contribution in [3.8, 4) is 0 Å². The maximum absolute atomic E-state index is 10.5. The van der Waals surface area contributed by atoms with Crippen molar-refractivity contribution < 1.29 is 22.9 Å². The van der Waals surface area contributed by atoms with Crippen LogP contribution in [0, 0.1) is 0 Å². The average Bonchev–Trinajstić information content (AvgIpc) is 1.97. The second kappa shape index (κ2) is 5.74. The molecule has 84 valence electrons.